The zero-order chi connectivity index (χ0) is 18.2. The van der Waals surface area contributed by atoms with Crippen LogP contribution in [-0.2, 0) is 11.2 Å². The zero-order valence-corrected chi connectivity index (χ0v) is 16.6. The molecule has 5 heteroatoms. The summed E-state index contributed by atoms with van der Waals surface area (Å²) in [6.07, 6.45) is 5.27. The standard InChI is InChI=1S/C20H31N3OS/c1-4-6-12-23(19-10-13-22(14-11-19)16(3)24)20(25)21-18-9-7-8-17(5-2)15-18/h7-9,15,19H,4-6,10-14H2,1-3H3,(H,21,25). The molecule has 1 aliphatic heterocycles. The summed E-state index contributed by atoms with van der Waals surface area (Å²) in [6, 6.07) is 8.87. The molecular weight excluding hydrogens is 330 g/mol. The Balaban J connectivity index is 2.03. The highest BCUT2D eigenvalue weighted by Crippen LogP contribution is 2.20. The van der Waals surface area contributed by atoms with Crippen molar-refractivity contribution in [2.45, 2.75) is 58.9 Å². The molecule has 1 amide bonds. The Hall–Kier alpha value is -1.62. The van der Waals surface area contributed by atoms with E-state index in [0.29, 0.717) is 6.04 Å². The fourth-order valence-electron chi connectivity index (χ4n) is 3.34. The van der Waals surface area contributed by atoms with Gasteiger partial charge >= 0.3 is 0 Å². The molecule has 138 valence electrons. The van der Waals surface area contributed by atoms with Crippen LogP contribution in [0.15, 0.2) is 24.3 Å². The minimum absolute atomic E-state index is 0.177. The number of carbonyl (C=O) groups excluding carboxylic acids is 1. The van der Waals surface area contributed by atoms with Gasteiger partial charge in [0.2, 0.25) is 5.91 Å². The highest BCUT2D eigenvalue weighted by atomic mass is 32.1. The molecule has 1 fully saturated rings. The summed E-state index contributed by atoms with van der Waals surface area (Å²) in [4.78, 5) is 15.8. The van der Waals surface area contributed by atoms with E-state index in [1.165, 1.54) is 5.56 Å². The summed E-state index contributed by atoms with van der Waals surface area (Å²) in [5.41, 5.74) is 2.37. The quantitative estimate of drug-likeness (QED) is 0.775. The van der Waals surface area contributed by atoms with Crippen molar-refractivity contribution < 1.29 is 4.79 Å². The molecule has 1 heterocycles. The number of amides is 1. The van der Waals surface area contributed by atoms with Gasteiger partial charge in [-0.1, -0.05) is 32.4 Å². The number of anilines is 1. The summed E-state index contributed by atoms with van der Waals surface area (Å²) < 4.78 is 0. The largest absolute Gasteiger partial charge is 0.346 e. The van der Waals surface area contributed by atoms with Crippen molar-refractivity contribution in [2.75, 3.05) is 25.0 Å². The Morgan fingerprint density at radius 3 is 2.64 bits per heavy atom. The van der Waals surface area contributed by atoms with Crippen LogP contribution >= 0.6 is 12.2 Å². The van der Waals surface area contributed by atoms with Gasteiger partial charge in [0.25, 0.3) is 0 Å². The second kappa shape index (κ2) is 9.76. The van der Waals surface area contributed by atoms with Crippen LogP contribution in [0, 0.1) is 0 Å². The monoisotopic (exact) mass is 361 g/mol. The van der Waals surface area contributed by atoms with E-state index in [9.17, 15) is 4.79 Å². The van der Waals surface area contributed by atoms with Crippen molar-refractivity contribution in [1.29, 1.82) is 0 Å². The first kappa shape index (κ1) is 19.7. The van der Waals surface area contributed by atoms with Gasteiger partial charge in [0.05, 0.1) is 0 Å². The third-order valence-electron chi connectivity index (χ3n) is 4.95. The number of thiocarbonyl (C=S) groups is 1. The van der Waals surface area contributed by atoms with Gasteiger partial charge in [-0.25, -0.2) is 0 Å². The van der Waals surface area contributed by atoms with E-state index >= 15 is 0 Å². The van der Waals surface area contributed by atoms with E-state index in [4.69, 9.17) is 12.2 Å². The maximum absolute atomic E-state index is 11.6. The molecule has 1 N–H and O–H groups in total. The number of benzene rings is 1. The van der Waals surface area contributed by atoms with E-state index in [2.05, 4.69) is 48.3 Å². The van der Waals surface area contributed by atoms with Crippen LogP contribution in [0.4, 0.5) is 5.69 Å². The van der Waals surface area contributed by atoms with Crippen LogP contribution in [0.5, 0.6) is 0 Å². The molecule has 1 saturated heterocycles. The van der Waals surface area contributed by atoms with E-state index in [1.54, 1.807) is 6.92 Å². The number of piperidine rings is 1. The van der Waals surface area contributed by atoms with Crippen molar-refractivity contribution in [3.8, 4) is 0 Å². The molecule has 1 aliphatic rings. The Morgan fingerprint density at radius 1 is 1.32 bits per heavy atom. The van der Waals surface area contributed by atoms with Crippen molar-refractivity contribution >= 4 is 28.9 Å². The first-order valence-corrected chi connectivity index (χ1v) is 9.88. The van der Waals surface area contributed by atoms with E-state index in [-0.39, 0.29) is 5.91 Å². The Labute approximate surface area is 157 Å². The second-order valence-corrected chi connectivity index (χ2v) is 7.15. The van der Waals surface area contributed by atoms with Gasteiger partial charge in [0, 0.05) is 38.3 Å². The third-order valence-corrected chi connectivity index (χ3v) is 5.29. The van der Waals surface area contributed by atoms with Crippen LogP contribution in [-0.4, -0.2) is 46.5 Å². The van der Waals surface area contributed by atoms with E-state index in [0.717, 1.165) is 62.5 Å². The molecule has 2 rings (SSSR count). The topological polar surface area (TPSA) is 35.6 Å². The van der Waals surface area contributed by atoms with Gasteiger partial charge in [-0.05, 0) is 55.6 Å². The van der Waals surface area contributed by atoms with Gasteiger partial charge in [0.1, 0.15) is 0 Å². The number of nitrogens with one attached hydrogen (secondary N) is 1. The van der Waals surface area contributed by atoms with Crippen LogP contribution < -0.4 is 5.32 Å². The molecule has 0 aliphatic carbocycles. The Bertz CT molecular complexity index is 582. The summed E-state index contributed by atoms with van der Waals surface area (Å²) in [7, 11) is 0. The maximum atomic E-state index is 11.6. The Kier molecular flexibility index (Phi) is 7.69. The number of likely N-dealkylation sites (tertiary alicyclic amines) is 1. The second-order valence-electron chi connectivity index (χ2n) is 6.77. The van der Waals surface area contributed by atoms with Gasteiger partial charge in [0.15, 0.2) is 5.11 Å². The van der Waals surface area contributed by atoms with Gasteiger partial charge < -0.3 is 15.1 Å². The predicted molar refractivity (Wildman–Crippen MR) is 109 cm³/mol. The van der Waals surface area contributed by atoms with E-state index in [1.807, 2.05) is 4.90 Å². The number of hydrogen-bond acceptors (Lipinski definition) is 2. The zero-order valence-electron chi connectivity index (χ0n) is 15.8. The molecule has 0 bridgehead atoms. The van der Waals surface area contributed by atoms with Crippen molar-refractivity contribution in [3.05, 3.63) is 29.8 Å². The lowest BCUT2D eigenvalue weighted by atomic mass is 10.0. The molecule has 0 unspecified atom stereocenters. The lowest BCUT2D eigenvalue weighted by molar-refractivity contribution is -0.130. The van der Waals surface area contributed by atoms with Crippen LogP contribution in [0.3, 0.4) is 0 Å². The summed E-state index contributed by atoms with van der Waals surface area (Å²) in [6.45, 7) is 8.65. The first-order valence-electron chi connectivity index (χ1n) is 9.47. The van der Waals surface area contributed by atoms with Gasteiger partial charge in [-0.3, -0.25) is 4.79 Å². The smallest absolute Gasteiger partial charge is 0.219 e. The Morgan fingerprint density at radius 2 is 2.04 bits per heavy atom. The molecule has 1 aromatic carbocycles. The average Bonchev–Trinajstić information content (AvgIpc) is 2.62. The highest BCUT2D eigenvalue weighted by molar-refractivity contribution is 7.80. The highest BCUT2D eigenvalue weighted by Gasteiger charge is 2.26. The molecule has 25 heavy (non-hydrogen) atoms. The number of carbonyl (C=O) groups is 1. The molecule has 0 radical (unpaired) electrons. The lowest BCUT2D eigenvalue weighted by Crippen LogP contribution is -2.49. The number of hydrogen-bond donors (Lipinski definition) is 1. The fourth-order valence-corrected chi connectivity index (χ4v) is 3.69. The fraction of sp³-hybridized carbons (Fsp3) is 0.600. The minimum Gasteiger partial charge on any atom is -0.346 e. The predicted octanol–water partition coefficient (Wildman–Crippen LogP) is 4.06. The first-order chi connectivity index (χ1) is 12.0. The number of unbranched alkanes of at least 4 members (excludes halogenated alkanes) is 1. The van der Waals surface area contributed by atoms with Crippen molar-refractivity contribution in [1.82, 2.24) is 9.80 Å². The summed E-state index contributed by atoms with van der Waals surface area (Å²) in [5.74, 6) is 0.177. The third kappa shape index (κ3) is 5.70. The summed E-state index contributed by atoms with van der Waals surface area (Å²) in [5, 5.41) is 4.24. The molecular formula is C20H31N3OS. The SMILES string of the molecule is CCCCN(C(=S)Nc1cccc(CC)c1)C1CCN(C(C)=O)CC1. The van der Waals surface area contributed by atoms with Crippen LogP contribution in [0.2, 0.25) is 0 Å². The molecule has 0 saturated carbocycles. The molecule has 1 aromatic rings. The van der Waals surface area contributed by atoms with Gasteiger partial charge in [-0.2, -0.15) is 0 Å². The van der Waals surface area contributed by atoms with Crippen molar-refractivity contribution in [3.63, 3.8) is 0 Å². The number of rotatable bonds is 6. The molecule has 0 spiro atoms. The minimum atomic E-state index is 0.177. The van der Waals surface area contributed by atoms with Gasteiger partial charge in [-0.15, -0.1) is 0 Å². The number of aryl methyl sites for hydroxylation is 1. The molecule has 0 atom stereocenters. The van der Waals surface area contributed by atoms with Crippen LogP contribution in [0.25, 0.3) is 0 Å². The average molecular weight is 362 g/mol. The summed E-state index contributed by atoms with van der Waals surface area (Å²) >= 11 is 5.75. The normalized spacial score (nSPS) is 15.1. The molecule has 0 aromatic heterocycles. The van der Waals surface area contributed by atoms with Crippen LogP contribution in [0.1, 0.15) is 52.0 Å². The lowest BCUT2D eigenvalue weighted by Gasteiger charge is -2.39. The van der Waals surface area contributed by atoms with E-state index < -0.39 is 0 Å². The number of nitrogens with zero attached hydrogens (tertiary/aromatic N) is 2. The van der Waals surface area contributed by atoms with Crippen molar-refractivity contribution in [2.24, 2.45) is 0 Å². The molecule has 4 nitrogen and oxygen atoms in total. The maximum Gasteiger partial charge on any atom is 0.219 e.